The van der Waals surface area contributed by atoms with E-state index in [1.807, 2.05) is 0 Å². The van der Waals surface area contributed by atoms with Crippen LogP contribution in [0.2, 0.25) is 0 Å². The van der Waals surface area contributed by atoms with Crippen molar-refractivity contribution in [1.29, 1.82) is 0 Å². The van der Waals surface area contributed by atoms with Crippen LogP contribution in [0, 0.1) is 11.3 Å². The molecule has 0 bridgehead atoms. The van der Waals surface area contributed by atoms with Crippen LogP contribution in [0.3, 0.4) is 0 Å². The van der Waals surface area contributed by atoms with E-state index in [9.17, 15) is 0 Å². The van der Waals surface area contributed by atoms with Gasteiger partial charge in [-0.1, -0.05) is 20.3 Å². The fourth-order valence-corrected chi connectivity index (χ4v) is 2.96. The SMILES string of the molecule is CC1(C)CCN(CC2CCCC2N)CC1. The maximum absolute atomic E-state index is 6.12. The molecule has 1 heterocycles. The molecule has 2 rings (SSSR count). The van der Waals surface area contributed by atoms with E-state index >= 15 is 0 Å². The Hall–Kier alpha value is -0.0800. The summed E-state index contributed by atoms with van der Waals surface area (Å²) >= 11 is 0. The van der Waals surface area contributed by atoms with Gasteiger partial charge in [-0.05, 0) is 50.1 Å². The molecule has 2 fully saturated rings. The van der Waals surface area contributed by atoms with Gasteiger partial charge in [0.1, 0.15) is 0 Å². The van der Waals surface area contributed by atoms with Gasteiger partial charge in [0.15, 0.2) is 0 Å². The zero-order valence-corrected chi connectivity index (χ0v) is 10.3. The third-order valence-corrected chi connectivity index (χ3v) is 4.42. The standard InChI is InChI=1S/C13H26N2/c1-13(2)6-8-15(9-7-13)10-11-4-3-5-12(11)14/h11-12H,3-10,14H2,1-2H3. The summed E-state index contributed by atoms with van der Waals surface area (Å²) in [5.41, 5.74) is 6.70. The van der Waals surface area contributed by atoms with E-state index in [1.165, 1.54) is 51.7 Å². The van der Waals surface area contributed by atoms with Crippen LogP contribution in [0.4, 0.5) is 0 Å². The molecule has 0 amide bonds. The van der Waals surface area contributed by atoms with Crippen molar-refractivity contribution in [2.24, 2.45) is 17.1 Å². The summed E-state index contributed by atoms with van der Waals surface area (Å²) in [5.74, 6) is 0.784. The Morgan fingerprint density at radius 1 is 1.20 bits per heavy atom. The molecule has 2 heteroatoms. The molecular weight excluding hydrogens is 184 g/mol. The monoisotopic (exact) mass is 210 g/mol. The van der Waals surface area contributed by atoms with Crippen LogP contribution < -0.4 is 5.73 Å². The third kappa shape index (κ3) is 2.94. The van der Waals surface area contributed by atoms with Gasteiger partial charge in [-0.2, -0.15) is 0 Å². The molecule has 0 radical (unpaired) electrons. The van der Waals surface area contributed by atoms with E-state index < -0.39 is 0 Å². The maximum Gasteiger partial charge on any atom is 0.00793 e. The van der Waals surface area contributed by atoms with Gasteiger partial charge in [-0.3, -0.25) is 0 Å². The number of likely N-dealkylation sites (tertiary alicyclic amines) is 1. The first-order valence-corrected chi connectivity index (χ1v) is 6.55. The number of rotatable bonds is 2. The Balaban J connectivity index is 1.77. The minimum absolute atomic E-state index is 0.486. The lowest BCUT2D eigenvalue weighted by Crippen LogP contribution is -2.42. The van der Waals surface area contributed by atoms with Crippen LogP contribution in [-0.4, -0.2) is 30.6 Å². The van der Waals surface area contributed by atoms with E-state index in [4.69, 9.17) is 5.73 Å². The van der Waals surface area contributed by atoms with Gasteiger partial charge in [0.05, 0.1) is 0 Å². The summed E-state index contributed by atoms with van der Waals surface area (Å²) in [6.07, 6.45) is 6.68. The average Bonchev–Trinajstić information content (AvgIpc) is 2.56. The van der Waals surface area contributed by atoms with E-state index in [0.29, 0.717) is 11.5 Å². The van der Waals surface area contributed by atoms with Crippen LogP contribution >= 0.6 is 0 Å². The summed E-state index contributed by atoms with van der Waals surface area (Å²) in [5, 5.41) is 0. The molecule has 1 aliphatic carbocycles. The van der Waals surface area contributed by atoms with E-state index in [-0.39, 0.29) is 0 Å². The number of piperidine rings is 1. The topological polar surface area (TPSA) is 29.3 Å². The maximum atomic E-state index is 6.12. The smallest absolute Gasteiger partial charge is 0.00793 e. The van der Waals surface area contributed by atoms with Crippen LogP contribution in [0.25, 0.3) is 0 Å². The van der Waals surface area contributed by atoms with Gasteiger partial charge in [-0.15, -0.1) is 0 Å². The molecule has 15 heavy (non-hydrogen) atoms. The predicted molar refractivity (Wildman–Crippen MR) is 64.8 cm³/mol. The average molecular weight is 210 g/mol. The summed E-state index contributed by atoms with van der Waals surface area (Å²) in [6, 6.07) is 0.486. The first-order valence-electron chi connectivity index (χ1n) is 6.55. The molecule has 1 saturated carbocycles. The highest BCUT2D eigenvalue weighted by Crippen LogP contribution is 2.31. The number of hydrogen-bond acceptors (Lipinski definition) is 2. The number of hydrogen-bond donors (Lipinski definition) is 1. The summed E-state index contributed by atoms with van der Waals surface area (Å²) < 4.78 is 0. The minimum atomic E-state index is 0.486. The first kappa shape index (κ1) is 11.4. The second-order valence-electron chi connectivity index (χ2n) is 6.32. The highest BCUT2D eigenvalue weighted by molar-refractivity contribution is 4.85. The Bertz CT molecular complexity index is 203. The van der Waals surface area contributed by atoms with Gasteiger partial charge in [-0.25, -0.2) is 0 Å². The van der Waals surface area contributed by atoms with Gasteiger partial charge >= 0.3 is 0 Å². The molecule has 2 N–H and O–H groups in total. The van der Waals surface area contributed by atoms with Crippen LogP contribution in [0.5, 0.6) is 0 Å². The molecule has 0 aromatic rings. The van der Waals surface area contributed by atoms with E-state index in [1.54, 1.807) is 0 Å². The largest absolute Gasteiger partial charge is 0.327 e. The summed E-state index contributed by atoms with van der Waals surface area (Å²) in [6.45, 7) is 8.63. The molecule has 1 saturated heterocycles. The zero-order chi connectivity index (χ0) is 10.9. The normalized spacial score (nSPS) is 37.0. The second-order valence-corrected chi connectivity index (χ2v) is 6.32. The van der Waals surface area contributed by atoms with Crippen molar-refractivity contribution < 1.29 is 0 Å². The molecule has 2 unspecified atom stereocenters. The molecule has 0 aromatic heterocycles. The lowest BCUT2D eigenvalue weighted by Gasteiger charge is -2.38. The first-order chi connectivity index (χ1) is 7.07. The minimum Gasteiger partial charge on any atom is -0.327 e. The van der Waals surface area contributed by atoms with Crippen molar-refractivity contribution in [3.8, 4) is 0 Å². The fraction of sp³-hybridized carbons (Fsp3) is 1.00. The van der Waals surface area contributed by atoms with Crippen molar-refractivity contribution in [2.45, 2.75) is 52.0 Å². The molecule has 2 atom stereocenters. The van der Waals surface area contributed by atoms with Crippen LogP contribution in [0.1, 0.15) is 46.0 Å². The molecular formula is C13H26N2. The predicted octanol–water partition coefficient (Wildman–Crippen LogP) is 2.24. The van der Waals surface area contributed by atoms with Crippen molar-refractivity contribution in [2.75, 3.05) is 19.6 Å². The van der Waals surface area contributed by atoms with E-state index in [0.717, 1.165) is 5.92 Å². The molecule has 2 aliphatic rings. The van der Waals surface area contributed by atoms with Crippen LogP contribution in [0.15, 0.2) is 0 Å². The van der Waals surface area contributed by atoms with Gasteiger partial charge in [0.2, 0.25) is 0 Å². The zero-order valence-electron chi connectivity index (χ0n) is 10.3. The molecule has 88 valence electrons. The van der Waals surface area contributed by atoms with Gasteiger partial charge < -0.3 is 10.6 Å². The molecule has 0 spiro atoms. The lowest BCUT2D eigenvalue weighted by molar-refractivity contribution is 0.115. The van der Waals surface area contributed by atoms with Crippen molar-refractivity contribution in [3.63, 3.8) is 0 Å². The molecule has 2 nitrogen and oxygen atoms in total. The molecule has 1 aliphatic heterocycles. The molecule has 0 aromatic carbocycles. The third-order valence-electron chi connectivity index (χ3n) is 4.42. The summed E-state index contributed by atoms with van der Waals surface area (Å²) in [7, 11) is 0. The van der Waals surface area contributed by atoms with Gasteiger partial charge in [0, 0.05) is 12.6 Å². The fourth-order valence-electron chi connectivity index (χ4n) is 2.96. The quantitative estimate of drug-likeness (QED) is 0.757. The lowest BCUT2D eigenvalue weighted by atomic mass is 9.82. The van der Waals surface area contributed by atoms with E-state index in [2.05, 4.69) is 18.7 Å². The number of nitrogens with two attached hydrogens (primary N) is 1. The highest BCUT2D eigenvalue weighted by atomic mass is 15.1. The Morgan fingerprint density at radius 2 is 1.87 bits per heavy atom. The van der Waals surface area contributed by atoms with Gasteiger partial charge in [0.25, 0.3) is 0 Å². The van der Waals surface area contributed by atoms with Crippen molar-refractivity contribution in [1.82, 2.24) is 4.90 Å². The Labute approximate surface area is 94.2 Å². The summed E-state index contributed by atoms with van der Waals surface area (Å²) in [4.78, 5) is 2.64. The van der Waals surface area contributed by atoms with Crippen molar-refractivity contribution >= 4 is 0 Å². The van der Waals surface area contributed by atoms with Crippen molar-refractivity contribution in [3.05, 3.63) is 0 Å². The Morgan fingerprint density at radius 3 is 2.40 bits per heavy atom. The second kappa shape index (κ2) is 4.42. The highest BCUT2D eigenvalue weighted by Gasteiger charge is 2.30. The van der Waals surface area contributed by atoms with Crippen LogP contribution in [-0.2, 0) is 0 Å². The number of nitrogens with zero attached hydrogens (tertiary/aromatic N) is 1. The Kier molecular flexibility index (Phi) is 3.36.